The minimum Gasteiger partial charge on any atom is -0.378 e. The van der Waals surface area contributed by atoms with Crippen LogP contribution in [0.1, 0.15) is 26.3 Å². The van der Waals surface area contributed by atoms with Gasteiger partial charge in [0.1, 0.15) is 5.82 Å². The number of hydrogen-bond acceptors (Lipinski definition) is 7. The molecule has 0 radical (unpaired) electrons. The number of nitrogens with one attached hydrogen (secondary N) is 2. The van der Waals surface area contributed by atoms with Crippen LogP contribution in [0.25, 0.3) is 22.4 Å². The smallest absolute Gasteiger partial charge is 0.255 e. The maximum atomic E-state index is 13.0. The fourth-order valence-corrected chi connectivity index (χ4v) is 5.83. The number of nitrogens with zero attached hydrogens (tertiary/aromatic N) is 3. The molecule has 9 heteroatoms. The van der Waals surface area contributed by atoms with Crippen LogP contribution in [0.15, 0.2) is 91.0 Å². The number of hydrogen-bond donors (Lipinski definition) is 2. The van der Waals surface area contributed by atoms with Crippen LogP contribution < -0.4 is 15.1 Å². The van der Waals surface area contributed by atoms with Gasteiger partial charge in [-0.25, -0.2) is 4.98 Å². The Morgan fingerprint density at radius 2 is 1.29 bits per heavy atom. The van der Waals surface area contributed by atoms with Crippen molar-refractivity contribution >= 4 is 39.8 Å². The van der Waals surface area contributed by atoms with Crippen molar-refractivity contribution in [3.63, 3.8) is 0 Å². The van der Waals surface area contributed by atoms with Gasteiger partial charge >= 0.3 is 0 Å². The molecule has 2 N–H and O–H groups in total. The van der Waals surface area contributed by atoms with Gasteiger partial charge < -0.3 is 29.6 Å². The van der Waals surface area contributed by atoms with Crippen molar-refractivity contribution in [3.05, 3.63) is 108 Å². The lowest BCUT2D eigenvalue weighted by molar-refractivity contribution is 0.0991. The Morgan fingerprint density at radius 1 is 0.711 bits per heavy atom. The summed E-state index contributed by atoms with van der Waals surface area (Å²) in [4.78, 5) is 38.6. The van der Waals surface area contributed by atoms with E-state index in [1.165, 1.54) is 0 Å². The number of fused-ring (bicyclic) bond motifs is 1. The second kappa shape index (κ2) is 12.9. The van der Waals surface area contributed by atoms with Crippen LogP contribution in [0.2, 0.25) is 0 Å². The predicted octanol–water partition coefficient (Wildman–Crippen LogP) is 5.58. The summed E-state index contributed by atoms with van der Waals surface area (Å²) in [7, 11) is 0. The van der Waals surface area contributed by atoms with E-state index < -0.39 is 0 Å². The van der Waals surface area contributed by atoms with Gasteiger partial charge in [0.2, 0.25) is 0 Å². The number of ketones is 1. The highest BCUT2D eigenvalue weighted by atomic mass is 16.5. The summed E-state index contributed by atoms with van der Waals surface area (Å²) in [6.07, 6.45) is 0.306. The summed E-state index contributed by atoms with van der Waals surface area (Å²) in [5.74, 6) is 0.609. The maximum Gasteiger partial charge on any atom is 0.255 e. The number of carbonyl (C=O) groups excluding carboxylic acids is 2. The molecule has 4 aromatic carbocycles. The summed E-state index contributed by atoms with van der Waals surface area (Å²) in [5.41, 5.74) is 7.72. The Kier molecular flexibility index (Phi) is 8.27. The van der Waals surface area contributed by atoms with Crippen LogP contribution in [-0.2, 0) is 15.9 Å². The summed E-state index contributed by atoms with van der Waals surface area (Å²) in [6.45, 7) is 6.39. The third kappa shape index (κ3) is 6.60. The number of amides is 1. The Labute approximate surface area is 261 Å². The predicted molar refractivity (Wildman–Crippen MR) is 176 cm³/mol. The van der Waals surface area contributed by atoms with Gasteiger partial charge in [-0.3, -0.25) is 9.59 Å². The fraction of sp³-hybridized carbons (Fsp3) is 0.250. The quantitative estimate of drug-likeness (QED) is 0.224. The minimum atomic E-state index is -0.171. The van der Waals surface area contributed by atoms with Crippen LogP contribution in [0.4, 0.5) is 17.1 Å². The zero-order valence-corrected chi connectivity index (χ0v) is 25.0. The van der Waals surface area contributed by atoms with Crippen molar-refractivity contribution in [1.29, 1.82) is 0 Å². The van der Waals surface area contributed by atoms with E-state index in [0.717, 1.165) is 91.8 Å². The number of ether oxygens (including phenoxy) is 2. The van der Waals surface area contributed by atoms with Crippen molar-refractivity contribution in [2.24, 2.45) is 0 Å². The molecule has 0 unspecified atom stereocenters. The van der Waals surface area contributed by atoms with Gasteiger partial charge in [0, 0.05) is 66.4 Å². The van der Waals surface area contributed by atoms with Crippen molar-refractivity contribution in [3.8, 4) is 11.4 Å². The first-order valence-corrected chi connectivity index (χ1v) is 15.4. The van der Waals surface area contributed by atoms with Crippen LogP contribution >= 0.6 is 0 Å². The Bertz CT molecular complexity index is 1790. The summed E-state index contributed by atoms with van der Waals surface area (Å²) < 4.78 is 10.9. The lowest BCUT2D eigenvalue weighted by atomic mass is 10.0. The summed E-state index contributed by atoms with van der Waals surface area (Å²) >= 11 is 0. The highest BCUT2D eigenvalue weighted by Crippen LogP contribution is 2.24. The topological polar surface area (TPSA) is 99.8 Å². The van der Waals surface area contributed by atoms with Crippen molar-refractivity contribution in [1.82, 2.24) is 9.97 Å². The molecule has 3 heterocycles. The number of aromatic nitrogens is 2. The average molecular weight is 602 g/mol. The molecular formula is C36H35N5O4. The van der Waals surface area contributed by atoms with Crippen molar-refractivity contribution < 1.29 is 19.1 Å². The zero-order chi connectivity index (χ0) is 30.6. The molecule has 45 heavy (non-hydrogen) atoms. The third-order valence-corrected chi connectivity index (χ3v) is 8.40. The average Bonchev–Trinajstić information content (AvgIpc) is 3.53. The monoisotopic (exact) mass is 601 g/mol. The lowest BCUT2D eigenvalue weighted by Gasteiger charge is -2.28. The van der Waals surface area contributed by atoms with E-state index in [0.29, 0.717) is 23.4 Å². The lowest BCUT2D eigenvalue weighted by Crippen LogP contribution is -2.36. The molecule has 0 aliphatic carbocycles. The SMILES string of the molecule is O=C(Cc1ccc2nc(-c3ccc(C(=O)Nc4ccc(N5CCOCC5)cc4)cc3)[nH]c2c1)c1ccc(N2CCOCC2)cc1. The number of H-pyrrole nitrogens is 1. The molecule has 0 saturated carbocycles. The van der Waals surface area contributed by atoms with Gasteiger partial charge in [0.05, 0.1) is 37.5 Å². The molecule has 2 aliphatic heterocycles. The number of anilines is 3. The van der Waals surface area contributed by atoms with Gasteiger partial charge in [0.25, 0.3) is 5.91 Å². The Balaban J connectivity index is 0.978. The Hall–Kier alpha value is -4.99. The zero-order valence-electron chi connectivity index (χ0n) is 25.0. The van der Waals surface area contributed by atoms with Gasteiger partial charge in [-0.05, 0) is 78.4 Å². The molecule has 7 rings (SSSR count). The molecule has 0 bridgehead atoms. The molecule has 5 aromatic rings. The molecule has 1 aromatic heterocycles. The van der Waals surface area contributed by atoms with E-state index >= 15 is 0 Å². The molecule has 9 nitrogen and oxygen atoms in total. The first-order valence-electron chi connectivity index (χ1n) is 15.4. The number of Topliss-reactive ketones (excluding diaryl/α,β-unsaturated/α-hetero) is 1. The van der Waals surface area contributed by atoms with Crippen LogP contribution in [0, 0.1) is 0 Å². The van der Waals surface area contributed by atoms with Gasteiger partial charge in [0.15, 0.2) is 5.78 Å². The molecule has 2 fully saturated rings. The minimum absolute atomic E-state index is 0.0736. The van der Waals surface area contributed by atoms with E-state index in [4.69, 9.17) is 14.5 Å². The molecule has 0 spiro atoms. The number of carbonyl (C=O) groups is 2. The van der Waals surface area contributed by atoms with Crippen LogP contribution in [-0.4, -0.2) is 74.3 Å². The van der Waals surface area contributed by atoms with Crippen molar-refractivity contribution in [2.75, 3.05) is 67.7 Å². The van der Waals surface area contributed by atoms with E-state index in [1.807, 2.05) is 78.9 Å². The number of imidazole rings is 1. The highest BCUT2D eigenvalue weighted by molar-refractivity contribution is 6.04. The standard InChI is InChI=1S/C36H35N5O4/c42-34(26-6-10-30(11-7-26)40-15-19-44-20-16-40)24-25-1-14-32-33(23-25)39-35(38-32)27-2-4-28(5-3-27)36(43)37-29-8-12-31(13-9-29)41-17-21-45-22-18-41/h1-14,23H,15-22,24H2,(H,37,43)(H,38,39). The molecule has 0 atom stereocenters. The van der Waals surface area contributed by atoms with E-state index in [2.05, 4.69) is 20.1 Å². The molecule has 1 amide bonds. The Morgan fingerprint density at radius 3 is 1.91 bits per heavy atom. The van der Waals surface area contributed by atoms with E-state index in [-0.39, 0.29) is 11.7 Å². The molecular weight excluding hydrogens is 566 g/mol. The second-order valence-electron chi connectivity index (χ2n) is 11.4. The second-order valence-corrected chi connectivity index (χ2v) is 11.4. The maximum absolute atomic E-state index is 13.0. The first kappa shape index (κ1) is 28.8. The van der Waals surface area contributed by atoms with E-state index in [9.17, 15) is 9.59 Å². The number of benzene rings is 4. The number of aromatic amines is 1. The highest BCUT2D eigenvalue weighted by Gasteiger charge is 2.15. The largest absolute Gasteiger partial charge is 0.378 e. The summed E-state index contributed by atoms with van der Waals surface area (Å²) in [6, 6.07) is 29.0. The van der Waals surface area contributed by atoms with Crippen molar-refractivity contribution in [2.45, 2.75) is 6.42 Å². The first-order chi connectivity index (χ1) is 22.1. The van der Waals surface area contributed by atoms with Gasteiger partial charge in [-0.15, -0.1) is 0 Å². The molecule has 2 saturated heterocycles. The van der Waals surface area contributed by atoms with Crippen LogP contribution in [0.3, 0.4) is 0 Å². The normalized spacial score (nSPS) is 15.3. The van der Waals surface area contributed by atoms with Gasteiger partial charge in [-0.1, -0.05) is 18.2 Å². The third-order valence-electron chi connectivity index (χ3n) is 8.40. The number of rotatable bonds is 8. The summed E-state index contributed by atoms with van der Waals surface area (Å²) in [5, 5.41) is 2.98. The van der Waals surface area contributed by atoms with Crippen LogP contribution in [0.5, 0.6) is 0 Å². The van der Waals surface area contributed by atoms with E-state index in [1.54, 1.807) is 12.1 Å². The molecule has 2 aliphatic rings. The van der Waals surface area contributed by atoms with Gasteiger partial charge in [-0.2, -0.15) is 0 Å². The molecule has 228 valence electrons. The number of morpholine rings is 2. The fourth-order valence-electron chi connectivity index (χ4n) is 5.83.